The van der Waals surface area contributed by atoms with Gasteiger partial charge in [-0.1, -0.05) is 0 Å². The molecule has 78 valence electrons. The Hall–Kier alpha value is -0.740. The van der Waals surface area contributed by atoms with Gasteiger partial charge in [-0.25, -0.2) is 10.0 Å². The Bertz CT molecular complexity index is 208. The second-order valence-corrected chi connectivity index (χ2v) is 4.02. The molecule has 0 radical (unpaired) electrons. The van der Waals surface area contributed by atoms with Crippen molar-refractivity contribution < 1.29 is 9.59 Å². The van der Waals surface area contributed by atoms with Crippen molar-refractivity contribution in [2.75, 3.05) is 13.1 Å². The molecule has 0 N–H and O–H groups in total. The van der Waals surface area contributed by atoms with Crippen molar-refractivity contribution in [2.24, 2.45) is 0 Å². The molecule has 14 heavy (non-hydrogen) atoms. The maximum Gasteiger partial charge on any atom is 0.138 e. The van der Waals surface area contributed by atoms with Crippen molar-refractivity contribution in [1.82, 2.24) is 10.0 Å². The predicted molar refractivity (Wildman–Crippen MR) is 51.6 cm³/mol. The van der Waals surface area contributed by atoms with Crippen LogP contribution in [0.4, 0.5) is 0 Å². The molecule has 0 aliphatic carbocycles. The summed E-state index contributed by atoms with van der Waals surface area (Å²) in [4.78, 5) is 21.6. The number of hydrogen-bond acceptors (Lipinski definition) is 4. The Morgan fingerprint density at radius 1 is 0.857 bits per heavy atom. The molecular weight excluding hydrogens is 180 g/mol. The maximum atomic E-state index is 10.8. The summed E-state index contributed by atoms with van der Waals surface area (Å²) in [6.45, 7) is 1.85. The van der Waals surface area contributed by atoms with Gasteiger partial charge in [0, 0.05) is 13.1 Å². The van der Waals surface area contributed by atoms with Gasteiger partial charge in [0.15, 0.2) is 0 Å². The topological polar surface area (TPSA) is 40.6 Å². The lowest BCUT2D eigenvalue weighted by molar-refractivity contribution is -0.127. The van der Waals surface area contributed by atoms with Crippen molar-refractivity contribution in [3.8, 4) is 0 Å². The molecule has 0 amide bonds. The molecule has 0 aromatic carbocycles. The average molecular weight is 196 g/mol. The fraction of sp³-hybridized carbons (Fsp3) is 0.800. The van der Waals surface area contributed by atoms with Crippen LogP contribution in [0.3, 0.4) is 0 Å². The van der Waals surface area contributed by atoms with Gasteiger partial charge in [0.05, 0.1) is 12.1 Å². The first-order chi connectivity index (χ1) is 6.86. The number of hydrogen-bond donors (Lipinski definition) is 0. The molecule has 0 bridgehead atoms. The lowest BCUT2D eigenvalue weighted by Gasteiger charge is -2.33. The number of hydrazine groups is 1. The Balaban J connectivity index is 2.05. The predicted octanol–water partition coefficient (Wildman–Crippen LogP) is 0.228. The molecular formula is C10H16N2O2. The summed E-state index contributed by atoms with van der Waals surface area (Å²) in [6, 6.07) is 0.0195. The van der Waals surface area contributed by atoms with Crippen LogP contribution in [0, 0.1) is 0 Å². The first kappa shape index (κ1) is 9.80. The van der Waals surface area contributed by atoms with E-state index in [1.165, 1.54) is 0 Å². The van der Waals surface area contributed by atoms with E-state index in [1.54, 1.807) is 0 Å². The van der Waals surface area contributed by atoms with E-state index in [-0.39, 0.29) is 12.1 Å². The highest BCUT2D eigenvalue weighted by Gasteiger charge is 2.35. The summed E-state index contributed by atoms with van der Waals surface area (Å²) in [6.07, 6.45) is 6.01. The molecule has 4 heteroatoms. The van der Waals surface area contributed by atoms with Gasteiger partial charge < -0.3 is 9.59 Å². The van der Waals surface area contributed by atoms with Gasteiger partial charge in [-0.05, 0) is 25.7 Å². The molecule has 2 fully saturated rings. The minimum atomic E-state index is 0.00977. The number of rotatable bonds is 3. The smallest absolute Gasteiger partial charge is 0.138 e. The van der Waals surface area contributed by atoms with Gasteiger partial charge in [-0.3, -0.25) is 0 Å². The van der Waals surface area contributed by atoms with Crippen molar-refractivity contribution in [3.05, 3.63) is 0 Å². The number of carbonyl (C=O) groups is 2. The van der Waals surface area contributed by atoms with Gasteiger partial charge in [0.2, 0.25) is 0 Å². The lowest BCUT2D eigenvalue weighted by atomic mass is 10.2. The quantitative estimate of drug-likeness (QED) is 0.606. The molecule has 0 unspecified atom stereocenters. The first-order valence-corrected chi connectivity index (χ1v) is 5.30. The van der Waals surface area contributed by atoms with Gasteiger partial charge in [0.25, 0.3) is 0 Å². The molecule has 2 rings (SSSR count). The van der Waals surface area contributed by atoms with E-state index in [1.807, 2.05) is 0 Å². The molecule has 2 aliphatic heterocycles. The lowest BCUT2D eigenvalue weighted by Crippen LogP contribution is -2.49. The van der Waals surface area contributed by atoms with E-state index in [2.05, 4.69) is 10.0 Å². The molecule has 2 aliphatic rings. The van der Waals surface area contributed by atoms with Gasteiger partial charge in [0.1, 0.15) is 12.6 Å². The monoisotopic (exact) mass is 196 g/mol. The van der Waals surface area contributed by atoms with Crippen molar-refractivity contribution in [3.63, 3.8) is 0 Å². The van der Waals surface area contributed by atoms with E-state index in [4.69, 9.17) is 0 Å². The highest BCUT2D eigenvalue weighted by atomic mass is 16.1. The van der Waals surface area contributed by atoms with E-state index >= 15 is 0 Å². The Kier molecular flexibility index (Phi) is 2.93. The molecule has 2 atom stereocenters. The second-order valence-electron chi connectivity index (χ2n) is 4.02. The Morgan fingerprint density at radius 2 is 1.29 bits per heavy atom. The summed E-state index contributed by atoms with van der Waals surface area (Å²) < 4.78 is 0. The van der Waals surface area contributed by atoms with Crippen LogP contribution in [-0.4, -0.2) is 47.8 Å². The zero-order valence-electron chi connectivity index (χ0n) is 8.26. The fourth-order valence-electron chi connectivity index (χ4n) is 2.47. The highest BCUT2D eigenvalue weighted by Crippen LogP contribution is 2.25. The summed E-state index contributed by atoms with van der Waals surface area (Å²) in [5.41, 5.74) is 0. The summed E-state index contributed by atoms with van der Waals surface area (Å²) in [5, 5.41) is 4.16. The largest absolute Gasteiger partial charge is 0.302 e. The number of nitrogens with zero attached hydrogens (tertiary/aromatic N) is 2. The third kappa shape index (κ3) is 1.60. The van der Waals surface area contributed by atoms with Crippen molar-refractivity contribution in [1.29, 1.82) is 0 Å². The maximum absolute atomic E-state index is 10.8. The first-order valence-electron chi connectivity index (χ1n) is 5.30. The highest BCUT2D eigenvalue weighted by molar-refractivity contribution is 5.60. The third-order valence-corrected chi connectivity index (χ3v) is 3.18. The number of carbonyl (C=O) groups excluding carboxylic acids is 2. The van der Waals surface area contributed by atoms with E-state index in [0.29, 0.717) is 0 Å². The molecule has 0 aromatic heterocycles. The SMILES string of the molecule is O=C[C@@H]1CCCN1N1CCC[C@H]1C=O. The molecule has 0 saturated carbocycles. The van der Waals surface area contributed by atoms with Crippen LogP contribution in [-0.2, 0) is 9.59 Å². The van der Waals surface area contributed by atoms with Gasteiger partial charge in [-0.15, -0.1) is 0 Å². The van der Waals surface area contributed by atoms with Crippen LogP contribution in [0.2, 0.25) is 0 Å². The molecule has 4 nitrogen and oxygen atoms in total. The fourth-order valence-corrected chi connectivity index (χ4v) is 2.47. The zero-order chi connectivity index (χ0) is 9.97. The van der Waals surface area contributed by atoms with Gasteiger partial charge >= 0.3 is 0 Å². The average Bonchev–Trinajstić information content (AvgIpc) is 2.85. The van der Waals surface area contributed by atoms with E-state index in [9.17, 15) is 9.59 Å². The molecule has 0 spiro atoms. The number of aldehydes is 2. The molecule has 2 heterocycles. The van der Waals surface area contributed by atoms with Crippen LogP contribution in [0.1, 0.15) is 25.7 Å². The molecule has 0 aromatic rings. The minimum absolute atomic E-state index is 0.00977. The van der Waals surface area contributed by atoms with E-state index in [0.717, 1.165) is 51.3 Å². The third-order valence-electron chi connectivity index (χ3n) is 3.18. The Labute approximate surface area is 83.8 Å². The summed E-state index contributed by atoms with van der Waals surface area (Å²) in [5.74, 6) is 0. The van der Waals surface area contributed by atoms with Crippen LogP contribution in [0.15, 0.2) is 0 Å². The second kappa shape index (κ2) is 4.19. The van der Waals surface area contributed by atoms with Crippen LogP contribution >= 0.6 is 0 Å². The Morgan fingerprint density at radius 3 is 1.64 bits per heavy atom. The minimum Gasteiger partial charge on any atom is -0.302 e. The summed E-state index contributed by atoms with van der Waals surface area (Å²) in [7, 11) is 0. The normalized spacial score (nSPS) is 34.9. The van der Waals surface area contributed by atoms with Crippen molar-refractivity contribution >= 4 is 12.6 Å². The zero-order valence-corrected chi connectivity index (χ0v) is 8.26. The summed E-state index contributed by atoms with van der Waals surface area (Å²) >= 11 is 0. The van der Waals surface area contributed by atoms with Gasteiger partial charge in [-0.2, -0.15) is 0 Å². The van der Waals surface area contributed by atoms with Crippen LogP contribution in [0.5, 0.6) is 0 Å². The standard InChI is InChI=1S/C10H16N2O2/c13-7-9-3-1-5-11(9)12-6-2-4-10(12)8-14/h7-10H,1-6H2/t9-,10-/m0/s1. The molecule has 2 saturated heterocycles. The van der Waals surface area contributed by atoms with Crippen LogP contribution < -0.4 is 0 Å². The van der Waals surface area contributed by atoms with Crippen LogP contribution in [0.25, 0.3) is 0 Å². The van der Waals surface area contributed by atoms with E-state index < -0.39 is 0 Å². The van der Waals surface area contributed by atoms with Crippen molar-refractivity contribution in [2.45, 2.75) is 37.8 Å².